The van der Waals surface area contributed by atoms with Gasteiger partial charge in [-0.05, 0) is 25.5 Å². The maximum atomic E-state index is 12.7. The van der Waals surface area contributed by atoms with Crippen molar-refractivity contribution in [2.45, 2.75) is 23.8 Å². The molecule has 7 nitrogen and oxygen atoms in total. The number of thioether (sulfide) groups is 1. The second-order valence-corrected chi connectivity index (χ2v) is 7.09. The third kappa shape index (κ3) is 3.76. The van der Waals surface area contributed by atoms with Crippen molar-refractivity contribution in [1.82, 2.24) is 9.97 Å². The lowest BCUT2D eigenvalue weighted by Gasteiger charge is -2.17. The van der Waals surface area contributed by atoms with E-state index in [9.17, 15) is 9.59 Å². The number of ether oxygens (including phenoxy) is 1. The number of nitrogens with zero attached hydrogens (tertiary/aromatic N) is 3. The highest BCUT2D eigenvalue weighted by Gasteiger charge is 2.35. The van der Waals surface area contributed by atoms with E-state index >= 15 is 0 Å². The second-order valence-electron chi connectivity index (χ2n) is 5.51. The molecular formula is C17H17ClN4O3S. The van der Waals surface area contributed by atoms with E-state index in [2.05, 4.69) is 9.97 Å². The van der Waals surface area contributed by atoms with Crippen molar-refractivity contribution >= 4 is 46.7 Å². The van der Waals surface area contributed by atoms with Crippen LogP contribution < -0.4 is 10.6 Å². The molecule has 1 aliphatic heterocycles. The molecule has 1 amide bonds. The van der Waals surface area contributed by atoms with Crippen LogP contribution in [0.3, 0.4) is 0 Å². The second kappa shape index (κ2) is 7.92. The molecule has 136 valence electrons. The first kappa shape index (κ1) is 18.5. The maximum Gasteiger partial charge on any atom is 0.343 e. The molecular weight excluding hydrogens is 376 g/mol. The smallest absolute Gasteiger partial charge is 0.343 e. The molecule has 3 rings (SSSR count). The van der Waals surface area contributed by atoms with Crippen molar-refractivity contribution in [3.63, 3.8) is 0 Å². The van der Waals surface area contributed by atoms with Gasteiger partial charge in [-0.25, -0.2) is 14.8 Å². The van der Waals surface area contributed by atoms with E-state index in [0.717, 1.165) is 0 Å². The number of carbonyl (C=O) groups excluding carboxylic acids is 2. The lowest BCUT2D eigenvalue weighted by molar-refractivity contribution is -0.116. The van der Waals surface area contributed by atoms with Crippen LogP contribution in [0.1, 0.15) is 23.7 Å². The van der Waals surface area contributed by atoms with Gasteiger partial charge < -0.3 is 15.4 Å². The Morgan fingerprint density at radius 1 is 1.46 bits per heavy atom. The Hall–Kier alpha value is -2.32. The quantitative estimate of drug-likeness (QED) is 0.617. The van der Waals surface area contributed by atoms with Crippen LogP contribution in [0.4, 0.5) is 11.5 Å². The molecule has 9 heteroatoms. The maximum absolute atomic E-state index is 12.7. The van der Waals surface area contributed by atoms with Gasteiger partial charge in [0.15, 0.2) is 5.16 Å². The van der Waals surface area contributed by atoms with Crippen LogP contribution in [-0.2, 0) is 9.53 Å². The van der Waals surface area contributed by atoms with E-state index in [1.165, 1.54) is 18.0 Å². The van der Waals surface area contributed by atoms with Gasteiger partial charge in [0.2, 0.25) is 5.91 Å². The number of aromatic nitrogens is 2. The Labute approximate surface area is 159 Å². The van der Waals surface area contributed by atoms with Crippen molar-refractivity contribution in [2.75, 3.05) is 23.8 Å². The number of hydrogen-bond acceptors (Lipinski definition) is 7. The molecule has 1 saturated heterocycles. The SMILES string of the molecule is CCOC(=O)c1cnc(S[C@@H]2CCN(c3ccccc3Cl)C2=O)nc1N. The number of nitrogen functional groups attached to an aromatic ring is 1. The average Bonchev–Trinajstić information content (AvgIpc) is 2.96. The molecule has 0 saturated carbocycles. The summed E-state index contributed by atoms with van der Waals surface area (Å²) in [6.07, 6.45) is 1.96. The largest absolute Gasteiger partial charge is 0.462 e. The summed E-state index contributed by atoms with van der Waals surface area (Å²) in [6, 6.07) is 7.23. The molecule has 26 heavy (non-hydrogen) atoms. The molecule has 1 aromatic heterocycles. The van der Waals surface area contributed by atoms with Gasteiger partial charge in [-0.2, -0.15) is 0 Å². The Balaban J connectivity index is 1.72. The minimum Gasteiger partial charge on any atom is -0.462 e. The topological polar surface area (TPSA) is 98.4 Å². The van der Waals surface area contributed by atoms with E-state index in [4.69, 9.17) is 22.1 Å². The Morgan fingerprint density at radius 3 is 2.92 bits per heavy atom. The van der Waals surface area contributed by atoms with E-state index in [-0.39, 0.29) is 29.1 Å². The number of anilines is 2. The molecule has 0 unspecified atom stereocenters. The highest BCUT2D eigenvalue weighted by molar-refractivity contribution is 8.00. The number of rotatable bonds is 5. The number of amides is 1. The summed E-state index contributed by atoms with van der Waals surface area (Å²) in [5, 5.41) is 0.541. The van der Waals surface area contributed by atoms with Crippen molar-refractivity contribution < 1.29 is 14.3 Å². The summed E-state index contributed by atoms with van der Waals surface area (Å²) in [7, 11) is 0. The van der Waals surface area contributed by atoms with E-state index in [1.54, 1.807) is 17.9 Å². The van der Waals surface area contributed by atoms with Gasteiger partial charge >= 0.3 is 5.97 Å². The van der Waals surface area contributed by atoms with Crippen molar-refractivity contribution in [1.29, 1.82) is 0 Å². The molecule has 2 N–H and O–H groups in total. The Kier molecular flexibility index (Phi) is 5.63. The van der Waals surface area contributed by atoms with Crippen molar-refractivity contribution in [2.24, 2.45) is 0 Å². The molecule has 1 fully saturated rings. The molecule has 0 bridgehead atoms. The predicted octanol–water partition coefficient (Wildman–Crippen LogP) is 2.79. The van der Waals surface area contributed by atoms with E-state index < -0.39 is 5.97 Å². The molecule has 0 aliphatic carbocycles. The first-order valence-electron chi connectivity index (χ1n) is 8.03. The van der Waals surface area contributed by atoms with Crippen LogP contribution in [0.15, 0.2) is 35.6 Å². The van der Waals surface area contributed by atoms with Gasteiger partial charge in [0, 0.05) is 12.7 Å². The molecule has 2 heterocycles. The average molecular weight is 393 g/mol. The number of para-hydroxylation sites is 1. The monoisotopic (exact) mass is 392 g/mol. The molecule has 1 aliphatic rings. The summed E-state index contributed by atoms with van der Waals surface area (Å²) in [4.78, 5) is 34.4. The van der Waals surface area contributed by atoms with Gasteiger partial charge in [0.25, 0.3) is 0 Å². The van der Waals surface area contributed by atoms with E-state index in [1.807, 2.05) is 18.2 Å². The zero-order chi connectivity index (χ0) is 18.7. The lowest BCUT2D eigenvalue weighted by Crippen LogP contribution is -2.28. The fraction of sp³-hybridized carbons (Fsp3) is 0.294. The summed E-state index contributed by atoms with van der Waals surface area (Å²) in [5.74, 6) is -0.586. The minimum atomic E-state index is -0.566. The summed E-state index contributed by atoms with van der Waals surface area (Å²) in [5.41, 5.74) is 6.63. The predicted molar refractivity (Wildman–Crippen MR) is 100 cm³/mol. The van der Waals surface area contributed by atoms with Gasteiger partial charge in [-0.3, -0.25) is 4.79 Å². The zero-order valence-electron chi connectivity index (χ0n) is 14.0. The fourth-order valence-corrected chi connectivity index (χ4v) is 3.81. The highest BCUT2D eigenvalue weighted by Crippen LogP contribution is 2.34. The van der Waals surface area contributed by atoms with Crippen LogP contribution in [-0.4, -0.2) is 40.2 Å². The molecule has 0 radical (unpaired) electrons. The minimum absolute atomic E-state index is 0.0364. The van der Waals surface area contributed by atoms with Crippen molar-refractivity contribution in [3.05, 3.63) is 41.0 Å². The normalized spacial score (nSPS) is 16.8. The Morgan fingerprint density at radius 2 is 2.23 bits per heavy atom. The number of hydrogen-bond donors (Lipinski definition) is 1. The number of carbonyl (C=O) groups is 2. The van der Waals surface area contributed by atoms with Crippen LogP contribution in [0.2, 0.25) is 5.02 Å². The third-order valence-electron chi connectivity index (χ3n) is 3.84. The molecule has 2 aromatic rings. The molecule has 1 aromatic carbocycles. The van der Waals surface area contributed by atoms with Gasteiger partial charge in [0.05, 0.1) is 22.6 Å². The van der Waals surface area contributed by atoms with Gasteiger partial charge in [-0.1, -0.05) is 35.5 Å². The lowest BCUT2D eigenvalue weighted by atomic mass is 10.3. The summed E-state index contributed by atoms with van der Waals surface area (Å²) >= 11 is 7.41. The van der Waals surface area contributed by atoms with Crippen molar-refractivity contribution in [3.8, 4) is 0 Å². The molecule has 0 spiro atoms. The number of benzene rings is 1. The molecule has 1 atom stereocenters. The van der Waals surface area contributed by atoms with Crippen LogP contribution in [0.25, 0.3) is 0 Å². The van der Waals surface area contributed by atoms with Crippen LogP contribution in [0, 0.1) is 0 Å². The Bertz CT molecular complexity index is 849. The fourth-order valence-electron chi connectivity index (χ4n) is 2.60. The van der Waals surface area contributed by atoms with E-state index in [0.29, 0.717) is 28.8 Å². The third-order valence-corrected chi connectivity index (χ3v) is 5.29. The summed E-state index contributed by atoms with van der Waals surface area (Å²) in [6.45, 7) is 2.51. The number of esters is 1. The van der Waals surface area contributed by atoms with Gasteiger partial charge in [0.1, 0.15) is 11.4 Å². The summed E-state index contributed by atoms with van der Waals surface area (Å²) < 4.78 is 4.89. The van der Waals surface area contributed by atoms with Crippen LogP contribution in [0.5, 0.6) is 0 Å². The zero-order valence-corrected chi connectivity index (χ0v) is 15.6. The van der Waals surface area contributed by atoms with Gasteiger partial charge in [-0.15, -0.1) is 0 Å². The van der Waals surface area contributed by atoms with Crippen LogP contribution >= 0.6 is 23.4 Å². The standard InChI is InChI=1S/C17H17ClN4O3S/c1-2-25-16(24)10-9-20-17(21-14(10)19)26-13-7-8-22(15(13)23)12-6-4-3-5-11(12)18/h3-6,9,13H,2,7-8H2,1H3,(H2,19,20,21)/t13-/m1/s1. The number of nitrogens with two attached hydrogens (primary N) is 1. The first-order valence-corrected chi connectivity index (χ1v) is 9.29. The number of halogens is 1. The highest BCUT2D eigenvalue weighted by atomic mass is 35.5. The first-order chi connectivity index (χ1) is 12.5.